The molecule has 0 aliphatic heterocycles. The summed E-state index contributed by atoms with van der Waals surface area (Å²) in [6, 6.07) is 4.99. The van der Waals surface area contributed by atoms with E-state index in [-0.39, 0.29) is 23.2 Å². The van der Waals surface area contributed by atoms with Crippen molar-refractivity contribution in [2.75, 3.05) is 12.8 Å². The van der Waals surface area contributed by atoms with Gasteiger partial charge in [-0.05, 0) is 38.2 Å². The Bertz CT molecular complexity index is 556. The molecule has 0 bridgehead atoms. The average Bonchev–Trinajstić information content (AvgIpc) is 2.55. The normalized spacial score (nSPS) is 15.5. The Labute approximate surface area is 135 Å². The lowest BCUT2D eigenvalue weighted by atomic mass is 9.93. The molecule has 1 amide bonds. The fourth-order valence-electron chi connectivity index (χ4n) is 3.09. The molecule has 0 atom stereocenters. The Morgan fingerprint density at radius 1 is 1.36 bits per heavy atom. The van der Waals surface area contributed by atoms with E-state index in [0.717, 1.165) is 30.6 Å². The summed E-state index contributed by atoms with van der Waals surface area (Å²) in [6.07, 6.45) is 7.35. The second kappa shape index (κ2) is 7.63. The van der Waals surface area contributed by atoms with Gasteiger partial charge >= 0.3 is 0 Å². The van der Waals surface area contributed by atoms with Crippen LogP contribution in [-0.4, -0.2) is 34.6 Å². The van der Waals surface area contributed by atoms with Crippen molar-refractivity contribution in [1.82, 2.24) is 4.90 Å². The van der Waals surface area contributed by atoms with Gasteiger partial charge in [0, 0.05) is 23.5 Å². The molecule has 6 heteroatoms. The first-order valence-electron chi connectivity index (χ1n) is 7.71. The highest BCUT2D eigenvalue weighted by Crippen LogP contribution is 2.29. The molecule has 1 aliphatic carbocycles. The van der Waals surface area contributed by atoms with Crippen LogP contribution in [-0.2, 0) is 0 Å². The minimum atomic E-state index is -0.466. The molecule has 0 unspecified atom stereocenters. The summed E-state index contributed by atoms with van der Waals surface area (Å²) >= 11 is 1.48. The Morgan fingerprint density at radius 2 is 2.05 bits per heavy atom. The maximum Gasteiger partial charge on any atom is 0.282 e. The third-order valence-corrected chi connectivity index (χ3v) is 4.97. The number of hydrogen-bond acceptors (Lipinski definition) is 4. The summed E-state index contributed by atoms with van der Waals surface area (Å²) in [5, 5.41) is 11.2. The Balaban J connectivity index is 2.34. The van der Waals surface area contributed by atoms with Gasteiger partial charge in [-0.15, -0.1) is 11.8 Å². The van der Waals surface area contributed by atoms with Crippen LogP contribution in [0.2, 0.25) is 0 Å². The molecule has 1 aromatic carbocycles. The van der Waals surface area contributed by atoms with Crippen molar-refractivity contribution in [3.05, 3.63) is 33.9 Å². The van der Waals surface area contributed by atoms with Gasteiger partial charge in [-0.1, -0.05) is 19.3 Å². The van der Waals surface area contributed by atoms with Crippen molar-refractivity contribution in [2.24, 2.45) is 0 Å². The van der Waals surface area contributed by atoms with E-state index in [0.29, 0.717) is 6.54 Å². The van der Waals surface area contributed by atoms with Crippen LogP contribution in [0.15, 0.2) is 23.1 Å². The van der Waals surface area contributed by atoms with Crippen molar-refractivity contribution in [2.45, 2.75) is 50.0 Å². The number of carbonyl (C=O) groups excluding carboxylic acids is 1. The molecule has 0 heterocycles. The van der Waals surface area contributed by atoms with E-state index in [1.807, 2.05) is 18.1 Å². The van der Waals surface area contributed by atoms with Gasteiger partial charge in [0.15, 0.2) is 0 Å². The highest BCUT2D eigenvalue weighted by atomic mass is 32.2. The molecule has 22 heavy (non-hydrogen) atoms. The smallest absolute Gasteiger partial charge is 0.282 e. The van der Waals surface area contributed by atoms with Crippen LogP contribution < -0.4 is 0 Å². The van der Waals surface area contributed by atoms with Crippen LogP contribution in [0.1, 0.15) is 49.4 Å². The molecule has 0 aromatic heterocycles. The summed E-state index contributed by atoms with van der Waals surface area (Å²) in [5.74, 6) is -0.211. The molecular formula is C16H22N2O3S. The van der Waals surface area contributed by atoms with Gasteiger partial charge < -0.3 is 4.90 Å². The molecule has 1 aliphatic rings. The summed E-state index contributed by atoms with van der Waals surface area (Å²) in [4.78, 5) is 26.3. The number of benzene rings is 1. The quantitative estimate of drug-likeness (QED) is 0.465. The molecule has 0 spiro atoms. The first kappa shape index (κ1) is 16.8. The van der Waals surface area contributed by atoms with Gasteiger partial charge in [0.2, 0.25) is 0 Å². The van der Waals surface area contributed by atoms with Crippen LogP contribution in [0.25, 0.3) is 0 Å². The maximum absolute atomic E-state index is 12.9. The van der Waals surface area contributed by atoms with E-state index in [1.54, 1.807) is 12.1 Å². The molecule has 120 valence electrons. The predicted molar refractivity (Wildman–Crippen MR) is 88.5 cm³/mol. The largest absolute Gasteiger partial charge is 0.336 e. The Morgan fingerprint density at radius 3 is 2.59 bits per heavy atom. The van der Waals surface area contributed by atoms with E-state index >= 15 is 0 Å². The van der Waals surface area contributed by atoms with Crippen molar-refractivity contribution >= 4 is 23.4 Å². The molecule has 1 aromatic rings. The zero-order valence-corrected chi connectivity index (χ0v) is 13.9. The van der Waals surface area contributed by atoms with Crippen molar-refractivity contribution in [1.29, 1.82) is 0 Å². The average molecular weight is 322 g/mol. The topological polar surface area (TPSA) is 63.5 Å². The van der Waals surface area contributed by atoms with Crippen molar-refractivity contribution in [3.63, 3.8) is 0 Å². The molecular weight excluding hydrogens is 300 g/mol. The zero-order chi connectivity index (χ0) is 16.1. The number of nitrogens with zero attached hydrogens (tertiary/aromatic N) is 2. The number of rotatable bonds is 5. The Kier molecular flexibility index (Phi) is 5.83. The fourth-order valence-corrected chi connectivity index (χ4v) is 3.53. The Hall–Kier alpha value is -1.56. The number of carbonyl (C=O) groups is 1. The van der Waals surface area contributed by atoms with Crippen molar-refractivity contribution in [3.8, 4) is 0 Å². The van der Waals surface area contributed by atoms with Gasteiger partial charge in [0.25, 0.3) is 11.6 Å². The van der Waals surface area contributed by atoms with E-state index in [2.05, 4.69) is 0 Å². The summed E-state index contributed by atoms with van der Waals surface area (Å²) in [6.45, 7) is 2.53. The summed E-state index contributed by atoms with van der Waals surface area (Å²) < 4.78 is 0. The number of hydrogen-bond donors (Lipinski definition) is 0. The standard InChI is InChI=1S/C16H22N2O3S/c1-3-17(12-7-5-4-6-8-12)16(19)14-11-13(22-2)9-10-15(14)18(20)21/h9-12H,3-8H2,1-2H3. The summed E-state index contributed by atoms with van der Waals surface area (Å²) in [5.41, 5.74) is 0.112. The van der Waals surface area contributed by atoms with Crippen molar-refractivity contribution < 1.29 is 9.72 Å². The molecule has 0 N–H and O–H groups in total. The lowest BCUT2D eigenvalue weighted by Gasteiger charge is -2.33. The van der Waals surface area contributed by atoms with Crippen LogP contribution in [0.5, 0.6) is 0 Å². The van der Waals surface area contributed by atoms with Gasteiger partial charge in [-0.3, -0.25) is 14.9 Å². The molecule has 1 fully saturated rings. The number of thioether (sulfide) groups is 1. The van der Waals surface area contributed by atoms with Gasteiger partial charge in [-0.25, -0.2) is 0 Å². The highest BCUT2D eigenvalue weighted by molar-refractivity contribution is 7.98. The number of nitro groups is 1. The molecule has 0 radical (unpaired) electrons. The minimum absolute atomic E-state index is 0.0999. The van der Waals surface area contributed by atoms with Crippen LogP contribution in [0.3, 0.4) is 0 Å². The molecule has 5 nitrogen and oxygen atoms in total. The van der Waals surface area contributed by atoms with Gasteiger partial charge in [-0.2, -0.15) is 0 Å². The second-order valence-electron chi connectivity index (χ2n) is 5.52. The lowest BCUT2D eigenvalue weighted by Crippen LogP contribution is -2.41. The van der Waals surface area contributed by atoms with Gasteiger partial charge in [0.1, 0.15) is 5.56 Å². The molecule has 1 saturated carbocycles. The van der Waals surface area contributed by atoms with Crippen LogP contribution in [0.4, 0.5) is 5.69 Å². The predicted octanol–water partition coefficient (Wildman–Crippen LogP) is 4.11. The third-order valence-electron chi connectivity index (χ3n) is 4.25. The summed E-state index contributed by atoms with van der Waals surface area (Å²) in [7, 11) is 0. The molecule has 0 saturated heterocycles. The highest BCUT2D eigenvalue weighted by Gasteiger charge is 2.29. The number of nitro benzene ring substituents is 1. The van der Waals surface area contributed by atoms with E-state index < -0.39 is 4.92 Å². The van der Waals surface area contributed by atoms with Crippen LogP contribution in [0, 0.1) is 10.1 Å². The fraction of sp³-hybridized carbons (Fsp3) is 0.562. The van der Waals surface area contributed by atoms with Gasteiger partial charge in [0.05, 0.1) is 4.92 Å². The lowest BCUT2D eigenvalue weighted by molar-refractivity contribution is -0.385. The second-order valence-corrected chi connectivity index (χ2v) is 6.40. The zero-order valence-electron chi connectivity index (χ0n) is 13.1. The SMILES string of the molecule is CCN(C(=O)c1cc(SC)ccc1[N+](=O)[O-])C1CCCCC1. The van der Waals surface area contributed by atoms with E-state index in [4.69, 9.17) is 0 Å². The van der Waals surface area contributed by atoms with Crippen LogP contribution >= 0.6 is 11.8 Å². The number of amides is 1. The minimum Gasteiger partial charge on any atom is -0.336 e. The first-order valence-corrected chi connectivity index (χ1v) is 8.94. The third kappa shape index (κ3) is 3.61. The monoisotopic (exact) mass is 322 g/mol. The van der Waals surface area contributed by atoms with E-state index in [1.165, 1.54) is 24.2 Å². The molecule has 2 rings (SSSR count). The first-order chi connectivity index (χ1) is 10.6. The van der Waals surface area contributed by atoms with E-state index in [9.17, 15) is 14.9 Å². The maximum atomic E-state index is 12.9.